The van der Waals surface area contributed by atoms with Gasteiger partial charge in [0.2, 0.25) is 5.91 Å². The summed E-state index contributed by atoms with van der Waals surface area (Å²) in [7, 11) is -3.38. The Bertz CT molecular complexity index is 622. The van der Waals surface area contributed by atoms with Gasteiger partial charge < -0.3 is 16.0 Å². The first-order chi connectivity index (χ1) is 9.89. The minimum Gasteiger partial charge on any atom is -0.396 e. The number of benzene rings is 1. The lowest BCUT2D eigenvalue weighted by atomic mass is 10.1. The number of anilines is 2. The Morgan fingerprint density at radius 2 is 1.95 bits per heavy atom. The molecule has 0 aliphatic carbocycles. The molecular formula is C14H21N3O3S. The Morgan fingerprint density at radius 1 is 1.29 bits per heavy atom. The van der Waals surface area contributed by atoms with Gasteiger partial charge in [-0.1, -0.05) is 6.07 Å². The van der Waals surface area contributed by atoms with Crippen molar-refractivity contribution in [3.05, 3.63) is 18.2 Å². The fourth-order valence-corrected chi connectivity index (χ4v) is 3.28. The first-order valence-corrected chi connectivity index (χ1v) is 8.89. The lowest BCUT2D eigenvalue weighted by Gasteiger charge is -2.27. The molecule has 7 heteroatoms. The van der Waals surface area contributed by atoms with Crippen LogP contribution in [0.4, 0.5) is 11.4 Å². The van der Waals surface area contributed by atoms with Crippen molar-refractivity contribution >= 4 is 27.1 Å². The lowest BCUT2D eigenvalue weighted by molar-refractivity contribution is -0.130. The number of rotatable bonds is 4. The molecular weight excluding hydrogens is 290 g/mol. The number of nitrogens with zero attached hydrogens (tertiary/aromatic N) is 1. The van der Waals surface area contributed by atoms with Gasteiger partial charge in [0.15, 0.2) is 9.84 Å². The molecule has 116 valence electrons. The number of sulfone groups is 1. The van der Waals surface area contributed by atoms with Gasteiger partial charge >= 0.3 is 0 Å². The number of nitrogens with one attached hydrogen (secondary N) is 1. The zero-order valence-electron chi connectivity index (χ0n) is 12.1. The quantitative estimate of drug-likeness (QED) is 0.812. The predicted molar refractivity (Wildman–Crippen MR) is 82.9 cm³/mol. The number of likely N-dealkylation sites (tertiary alicyclic amines) is 1. The van der Waals surface area contributed by atoms with Crippen molar-refractivity contribution < 1.29 is 13.2 Å². The van der Waals surface area contributed by atoms with Crippen molar-refractivity contribution in [2.75, 3.05) is 36.9 Å². The number of nitrogen functional groups attached to an aromatic ring is 1. The number of piperidine rings is 1. The van der Waals surface area contributed by atoms with Crippen LogP contribution in [0.15, 0.2) is 23.1 Å². The van der Waals surface area contributed by atoms with Crippen LogP contribution < -0.4 is 11.1 Å². The molecule has 0 aromatic heterocycles. The molecule has 1 saturated heterocycles. The summed E-state index contributed by atoms with van der Waals surface area (Å²) in [4.78, 5) is 14.0. The van der Waals surface area contributed by atoms with Gasteiger partial charge in [-0.15, -0.1) is 0 Å². The number of amides is 1. The monoisotopic (exact) mass is 311 g/mol. The second-order valence-electron chi connectivity index (χ2n) is 5.28. The van der Waals surface area contributed by atoms with Gasteiger partial charge in [0.05, 0.1) is 22.8 Å². The molecule has 6 nitrogen and oxygen atoms in total. The summed E-state index contributed by atoms with van der Waals surface area (Å²) in [5.41, 5.74) is 6.50. The van der Waals surface area contributed by atoms with Crippen molar-refractivity contribution in [3.8, 4) is 0 Å². The van der Waals surface area contributed by atoms with Crippen LogP contribution >= 0.6 is 0 Å². The van der Waals surface area contributed by atoms with Crippen molar-refractivity contribution in [2.45, 2.75) is 24.2 Å². The Morgan fingerprint density at radius 3 is 2.57 bits per heavy atom. The molecule has 21 heavy (non-hydrogen) atoms. The van der Waals surface area contributed by atoms with E-state index < -0.39 is 9.84 Å². The van der Waals surface area contributed by atoms with E-state index in [2.05, 4.69) is 5.32 Å². The number of nitrogens with two attached hydrogens (primary N) is 1. The average molecular weight is 311 g/mol. The predicted octanol–water partition coefficient (Wildman–Crippen LogP) is 1.10. The fraction of sp³-hybridized carbons (Fsp3) is 0.500. The van der Waals surface area contributed by atoms with E-state index in [-0.39, 0.29) is 23.0 Å². The third kappa shape index (κ3) is 3.87. The molecule has 1 heterocycles. The molecule has 1 aliphatic heterocycles. The van der Waals surface area contributed by atoms with Crippen LogP contribution in [0.25, 0.3) is 0 Å². The highest BCUT2D eigenvalue weighted by atomic mass is 32.2. The molecule has 0 radical (unpaired) electrons. The molecule has 3 N–H and O–H groups in total. The standard InChI is InChI=1S/C14H21N3O3S/c1-21(19,20)12-7-5-6-11(14(12)15)16-10-13(18)17-8-3-2-4-9-17/h5-7,16H,2-4,8-10,15H2,1H3. The molecule has 1 fully saturated rings. The molecule has 1 aromatic carbocycles. The lowest BCUT2D eigenvalue weighted by Crippen LogP contribution is -2.39. The maximum Gasteiger partial charge on any atom is 0.241 e. The van der Waals surface area contributed by atoms with E-state index >= 15 is 0 Å². The van der Waals surface area contributed by atoms with E-state index in [1.54, 1.807) is 12.1 Å². The molecule has 0 saturated carbocycles. The Labute approximate surface area is 125 Å². The summed E-state index contributed by atoms with van der Waals surface area (Å²) >= 11 is 0. The maximum absolute atomic E-state index is 12.1. The van der Waals surface area contributed by atoms with Crippen molar-refractivity contribution in [2.24, 2.45) is 0 Å². The first-order valence-electron chi connectivity index (χ1n) is 7.00. The number of para-hydroxylation sites is 1. The third-order valence-corrected chi connectivity index (χ3v) is 4.76. The molecule has 1 aliphatic rings. The molecule has 2 rings (SSSR count). The second-order valence-corrected chi connectivity index (χ2v) is 7.27. The van der Waals surface area contributed by atoms with Crippen molar-refractivity contribution in [1.29, 1.82) is 0 Å². The van der Waals surface area contributed by atoms with E-state index in [4.69, 9.17) is 5.73 Å². The van der Waals surface area contributed by atoms with Gasteiger partial charge in [0.1, 0.15) is 0 Å². The summed E-state index contributed by atoms with van der Waals surface area (Å²) in [6, 6.07) is 4.75. The van der Waals surface area contributed by atoms with E-state index in [0.717, 1.165) is 32.2 Å². The van der Waals surface area contributed by atoms with Crippen LogP contribution in [-0.2, 0) is 14.6 Å². The van der Waals surface area contributed by atoms with Crippen LogP contribution in [0.1, 0.15) is 19.3 Å². The highest BCUT2D eigenvalue weighted by molar-refractivity contribution is 7.90. The molecule has 0 atom stereocenters. The van der Waals surface area contributed by atoms with Crippen LogP contribution in [0.5, 0.6) is 0 Å². The topological polar surface area (TPSA) is 92.5 Å². The second kappa shape index (κ2) is 6.34. The molecule has 0 spiro atoms. The number of hydrogen-bond acceptors (Lipinski definition) is 5. The zero-order valence-corrected chi connectivity index (χ0v) is 12.9. The van der Waals surface area contributed by atoms with Gasteiger partial charge in [0.25, 0.3) is 0 Å². The van der Waals surface area contributed by atoms with Crippen molar-refractivity contribution in [3.63, 3.8) is 0 Å². The normalized spacial score (nSPS) is 15.8. The van der Waals surface area contributed by atoms with Crippen LogP contribution in [0.3, 0.4) is 0 Å². The summed E-state index contributed by atoms with van der Waals surface area (Å²) in [5, 5.41) is 2.94. The SMILES string of the molecule is CS(=O)(=O)c1cccc(NCC(=O)N2CCCCC2)c1N. The smallest absolute Gasteiger partial charge is 0.241 e. The summed E-state index contributed by atoms with van der Waals surface area (Å²) in [5.74, 6) is 0.0128. The first kappa shape index (κ1) is 15.6. The van der Waals surface area contributed by atoms with E-state index in [1.165, 1.54) is 12.5 Å². The summed E-state index contributed by atoms with van der Waals surface area (Å²) < 4.78 is 23.2. The van der Waals surface area contributed by atoms with Gasteiger partial charge in [-0.25, -0.2) is 8.42 Å². The minimum atomic E-state index is -3.38. The van der Waals surface area contributed by atoms with E-state index in [1.807, 2.05) is 4.90 Å². The molecule has 0 unspecified atom stereocenters. The van der Waals surface area contributed by atoms with Crippen LogP contribution in [0, 0.1) is 0 Å². The fourth-order valence-electron chi connectivity index (χ4n) is 2.45. The highest BCUT2D eigenvalue weighted by Gasteiger charge is 2.18. The third-order valence-electron chi connectivity index (χ3n) is 3.60. The summed E-state index contributed by atoms with van der Waals surface area (Å²) in [6.07, 6.45) is 4.36. The van der Waals surface area contributed by atoms with Crippen LogP contribution in [0.2, 0.25) is 0 Å². The van der Waals surface area contributed by atoms with Crippen LogP contribution in [-0.4, -0.2) is 45.1 Å². The molecule has 1 amide bonds. The maximum atomic E-state index is 12.1. The summed E-state index contributed by atoms with van der Waals surface area (Å²) in [6.45, 7) is 1.70. The van der Waals surface area contributed by atoms with Gasteiger partial charge in [0, 0.05) is 19.3 Å². The Hall–Kier alpha value is -1.76. The zero-order chi connectivity index (χ0) is 15.5. The molecule has 1 aromatic rings. The van der Waals surface area contributed by atoms with Gasteiger partial charge in [-0.2, -0.15) is 0 Å². The van der Waals surface area contributed by atoms with Crippen molar-refractivity contribution in [1.82, 2.24) is 4.90 Å². The Kier molecular flexibility index (Phi) is 4.72. The van der Waals surface area contributed by atoms with E-state index in [0.29, 0.717) is 5.69 Å². The average Bonchev–Trinajstić information content (AvgIpc) is 2.45. The minimum absolute atomic E-state index is 0.0128. The largest absolute Gasteiger partial charge is 0.396 e. The van der Waals surface area contributed by atoms with Gasteiger partial charge in [-0.05, 0) is 31.4 Å². The van der Waals surface area contributed by atoms with Gasteiger partial charge in [-0.3, -0.25) is 4.79 Å². The molecule has 0 bridgehead atoms. The highest BCUT2D eigenvalue weighted by Crippen LogP contribution is 2.26. The Balaban J connectivity index is 2.05. The van der Waals surface area contributed by atoms with E-state index in [9.17, 15) is 13.2 Å². The number of carbonyl (C=O) groups excluding carboxylic acids is 1. The number of hydrogen-bond donors (Lipinski definition) is 2. The number of carbonyl (C=O) groups is 1.